The van der Waals surface area contributed by atoms with E-state index >= 15 is 0 Å². The Kier molecular flexibility index (Phi) is 2.39. The van der Waals surface area contributed by atoms with E-state index in [1.807, 2.05) is 0 Å². The maximum atomic E-state index is 10.4. The smallest absolute Gasteiger partial charge is 0.153 e. The molecule has 0 heterocycles. The zero-order valence-electron chi connectivity index (χ0n) is 7.77. The summed E-state index contributed by atoms with van der Waals surface area (Å²) >= 11 is 0. The lowest BCUT2D eigenvalue weighted by molar-refractivity contribution is 0.111. The Morgan fingerprint density at radius 3 is 2.71 bits per heavy atom. The van der Waals surface area contributed by atoms with Crippen LogP contribution in [0.1, 0.15) is 29.6 Å². The number of hydrogen-bond donors (Lipinski definition) is 1. The molecule has 0 atom stereocenters. The topological polar surface area (TPSA) is 46.5 Å². The van der Waals surface area contributed by atoms with Crippen molar-refractivity contribution in [2.24, 2.45) is 0 Å². The fourth-order valence-corrected chi connectivity index (χ4v) is 1.38. The number of benzene rings is 1. The van der Waals surface area contributed by atoms with E-state index in [9.17, 15) is 9.90 Å². The van der Waals surface area contributed by atoms with Gasteiger partial charge in [0.05, 0.1) is 11.7 Å². The first-order valence-electron chi connectivity index (χ1n) is 4.74. The summed E-state index contributed by atoms with van der Waals surface area (Å²) < 4.78 is 5.55. The maximum absolute atomic E-state index is 10.4. The Morgan fingerprint density at radius 1 is 1.43 bits per heavy atom. The molecule has 0 saturated heterocycles. The minimum Gasteiger partial charge on any atom is -0.507 e. The van der Waals surface area contributed by atoms with Crippen LogP contribution in [0.5, 0.6) is 11.5 Å². The number of carbonyl (C=O) groups is 1. The number of phenols is 1. The van der Waals surface area contributed by atoms with Gasteiger partial charge in [0.25, 0.3) is 0 Å². The number of carbonyl (C=O) groups excluding carboxylic acids is 1. The largest absolute Gasteiger partial charge is 0.507 e. The summed E-state index contributed by atoms with van der Waals surface area (Å²) in [6, 6.07) is 4.76. The van der Waals surface area contributed by atoms with Gasteiger partial charge in [-0.3, -0.25) is 4.79 Å². The van der Waals surface area contributed by atoms with Crippen molar-refractivity contribution in [1.82, 2.24) is 0 Å². The Balaban J connectivity index is 2.10. The molecule has 1 N–H and O–H groups in total. The fraction of sp³-hybridized carbons (Fsp3) is 0.364. The SMILES string of the molecule is O=Cc1ccc(OC2CCC2)cc1O. The molecule has 1 aliphatic rings. The van der Waals surface area contributed by atoms with E-state index < -0.39 is 0 Å². The highest BCUT2D eigenvalue weighted by Gasteiger charge is 2.19. The van der Waals surface area contributed by atoms with Gasteiger partial charge in [0.15, 0.2) is 6.29 Å². The second kappa shape index (κ2) is 3.70. The van der Waals surface area contributed by atoms with Gasteiger partial charge in [-0.15, -0.1) is 0 Å². The third-order valence-electron chi connectivity index (χ3n) is 2.48. The molecule has 0 aliphatic heterocycles. The molecule has 0 spiro atoms. The van der Waals surface area contributed by atoms with Crippen LogP contribution in [0.3, 0.4) is 0 Å². The second-order valence-electron chi connectivity index (χ2n) is 3.51. The van der Waals surface area contributed by atoms with Gasteiger partial charge in [-0.1, -0.05) is 0 Å². The van der Waals surface area contributed by atoms with Crippen LogP contribution in [0.2, 0.25) is 0 Å². The van der Waals surface area contributed by atoms with Crippen molar-refractivity contribution in [3.63, 3.8) is 0 Å². The number of rotatable bonds is 3. The van der Waals surface area contributed by atoms with Crippen molar-refractivity contribution in [3.8, 4) is 11.5 Å². The molecule has 1 aromatic carbocycles. The number of phenolic OH excluding ortho intramolecular Hbond substituents is 1. The van der Waals surface area contributed by atoms with Gasteiger partial charge >= 0.3 is 0 Å². The van der Waals surface area contributed by atoms with Gasteiger partial charge in [-0.25, -0.2) is 0 Å². The molecule has 0 amide bonds. The van der Waals surface area contributed by atoms with Crippen LogP contribution in [0.4, 0.5) is 0 Å². The maximum Gasteiger partial charge on any atom is 0.153 e. The summed E-state index contributed by atoms with van der Waals surface area (Å²) in [5.41, 5.74) is 0.297. The lowest BCUT2D eigenvalue weighted by atomic mass is 9.96. The molecule has 3 nitrogen and oxygen atoms in total. The van der Waals surface area contributed by atoms with Crippen LogP contribution in [0.25, 0.3) is 0 Å². The molecule has 0 bridgehead atoms. The molecule has 14 heavy (non-hydrogen) atoms. The summed E-state index contributed by atoms with van der Waals surface area (Å²) in [6.07, 6.45) is 4.29. The first kappa shape index (κ1) is 9.06. The Bertz CT molecular complexity index is 342. The Morgan fingerprint density at radius 2 is 2.21 bits per heavy atom. The third kappa shape index (κ3) is 1.71. The van der Waals surface area contributed by atoms with E-state index in [2.05, 4.69) is 0 Å². The van der Waals surface area contributed by atoms with E-state index in [0.717, 1.165) is 12.8 Å². The van der Waals surface area contributed by atoms with E-state index in [0.29, 0.717) is 17.6 Å². The van der Waals surface area contributed by atoms with Crippen LogP contribution in [-0.4, -0.2) is 17.5 Å². The Labute approximate surface area is 82.3 Å². The summed E-state index contributed by atoms with van der Waals surface area (Å²) in [4.78, 5) is 10.4. The van der Waals surface area contributed by atoms with Crippen LogP contribution in [-0.2, 0) is 0 Å². The van der Waals surface area contributed by atoms with Crippen molar-refractivity contribution in [1.29, 1.82) is 0 Å². The number of aldehydes is 1. The quantitative estimate of drug-likeness (QED) is 0.746. The average molecular weight is 192 g/mol. The Hall–Kier alpha value is -1.51. The van der Waals surface area contributed by atoms with Crippen molar-refractivity contribution < 1.29 is 14.6 Å². The molecule has 0 radical (unpaired) electrons. The molecule has 2 rings (SSSR count). The summed E-state index contributed by atoms with van der Waals surface area (Å²) in [5.74, 6) is 0.620. The minimum atomic E-state index is -0.0168. The van der Waals surface area contributed by atoms with Crippen molar-refractivity contribution in [2.75, 3.05) is 0 Å². The second-order valence-corrected chi connectivity index (χ2v) is 3.51. The summed E-state index contributed by atoms with van der Waals surface area (Å²) in [5, 5.41) is 9.38. The number of hydrogen-bond acceptors (Lipinski definition) is 3. The molecule has 3 heteroatoms. The van der Waals surface area contributed by atoms with Gasteiger partial charge < -0.3 is 9.84 Å². The fourth-order valence-electron chi connectivity index (χ4n) is 1.38. The molecule has 0 aromatic heterocycles. The highest BCUT2D eigenvalue weighted by Crippen LogP contribution is 2.28. The molecular formula is C11H12O3. The molecule has 74 valence electrons. The summed E-state index contributed by atoms with van der Waals surface area (Å²) in [6.45, 7) is 0. The molecule has 1 aromatic rings. The van der Waals surface area contributed by atoms with Gasteiger partial charge in [-0.05, 0) is 31.4 Å². The van der Waals surface area contributed by atoms with Crippen LogP contribution in [0, 0.1) is 0 Å². The van der Waals surface area contributed by atoms with Crippen LogP contribution in [0.15, 0.2) is 18.2 Å². The molecule has 1 saturated carbocycles. The van der Waals surface area contributed by atoms with Crippen LogP contribution >= 0.6 is 0 Å². The van der Waals surface area contributed by atoms with E-state index in [-0.39, 0.29) is 11.9 Å². The first-order chi connectivity index (χ1) is 6.79. The predicted octanol–water partition coefficient (Wildman–Crippen LogP) is 2.14. The predicted molar refractivity (Wildman–Crippen MR) is 51.8 cm³/mol. The average Bonchev–Trinajstić information content (AvgIpc) is 2.12. The first-order valence-corrected chi connectivity index (χ1v) is 4.74. The normalized spacial score (nSPS) is 16.0. The molecule has 1 fully saturated rings. The molecule has 1 aliphatic carbocycles. The number of aromatic hydroxyl groups is 1. The summed E-state index contributed by atoms with van der Waals surface area (Å²) in [7, 11) is 0. The third-order valence-corrected chi connectivity index (χ3v) is 2.48. The van der Waals surface area contributed by atoms with Crippen molar-refractivity contribution >= 4 is 6.29 Å². The zero-order chi connectivity index (χ0) is 9.97. The minimum absolute atomic E-state index is 0.0168. The molecular weight excluding hydrogens is 180 g/mol. The lowest BCUT2D eigenvalue weighted by Crippen LogP contribution is -2.24. The van der Waals surface area contributed by atoms with E-state index in [1.165, 1.54) is 12.5 Å². The monoisotopic (exact) mass is 192 g/mol. The zero-order valence-corrected chi connectivity index (χ0v) is 7.77. The highest BCUT2D eigenvalue weighted by atomic mass is 16.5. The van der Waals surface area contributed by atoms with Gasteiger partial charge in [0.2, 0.25) is 0 Å². The standard InChI is InChI=1S/C11H12O3/c12-7-8-4-5-10(6-11(8)13)14-9-2-1-3-9/h4-7,9,13H,1-3H2. The molecule has 0 unspecified atom stereocenters. The van der Waals surface area contributed by atoms with E-state index in [1.54, 1.807) is 12.1 Å². The highest BCUT2D eigenvalue weighted by molar-refractivity contribution is 5.79. The lowest BCUT2D eigenvalue weighted by Gasteiger charge is -2.26. The van der Waals surface area contributed by atoms with Gasteiger partial charge in [0.1, 0.15) is 11.5 Å². The van der Waals surface area contributed by atoms with E-state index in [4.69, 9.17) is 4.74 Å². The number of ether oxygens (including phenoxy) is 1. The van der Waals surface area contributed by atoms with Crippen LogP contribution < -0.4 is 4.74 Å². The van der Waals surface area contributed by atoms with Crippen molar-refractivity contribution in [2.45, 2.75) is 25.4 Å². The van der Waals surface area contributed by atoms with Crippen molar-refractivity contribution in [3.05, 3.63) is 23.8 Å². The van der Waals surface area contributed by atoms with Gasteiger partial charge in [-0.2, -0.15) is 0 Å². The van der Waals surface area contributed by atoms with Gasteiger partial charge in [0, 0.05) is 6.07 Å².